The van der Waals surface area contributed by atoms with Crippen molar-refractivity contribution >= 4 is 0 Å². The Balaban J connectivity index is 2.28. The number of hydrogen-bond donors (Lipinski definition) is 1. The van der Waals surface area contributed by atoms with Crippen LogP contribution in [0.2, 0.25) is 0 Å². The van der Waals surface area contributed by atoms with E-state index in [1.807, 2.05) is 31.2 Å². The van der Waals surface area contributed by atoms with Gasteiger partial charge in [0.05, 0.1) is 13.2 Å². The molecule has 0 aliphatic rings. The summed E-state index contributed by atoms with van der Waals surface area (Å²) in [5.41, 5.74) is 0. The van der Waals surface area contributed by atoms with Gasteiger partial charge in [0.1, 0.15) is 11.5 Å². The summed E-state index contributed by atoms with van der Waals surface area (Å²) in [5, 5.41) is 3.45. The van der Waals surface area contributed by atoms with E-state index in [0.717, 1.165) is 31.1 Å². The van der Waals surface area contributed by atoms with Gasteiger partial charge in [0.25, 0.3) is 0 Å². The molecule has 0 aliphatic carbocycles. The Hall–Kier alpha value is -1.22. The van der Waals surface area contributed by atoms with E-state index < -0.39 is 0 Å². The highest BCUT2D eigenvalue weighted by molar-refractivity contribution is 5.32. The maximum absolute atomic E-state index is 5.72. The molecule has 3 heteroatoms. The van der Waals surface area contributed by atoms with Gasteiger partial charge in [-0.2, -0.15) is 0 Å². The Bertz CT molecular complexity index is 328. The van der Waals surface area contributed by atoms with Crippen molar-refractivity contribution in [3.8, 4) is 11.5 Å². The summed E-state index contributed by atoms with van der Waals surface area (Å²) in [4.78, 5) is 0. The fourth-order valence-electron chi connectivity index (χ4n) is 1.67. The van der Waals surface area contributed by atoms with Crippen LogP contribution in [-0.4, -0.2) is 25.8 Å². The molecule has 1 N–H and O–H groups in total. The number of benzene rings is 1. The minimum atomic E-state index is 0.500. The van der Waals surface area contributed by atoms with E-state index in [4.69, 9.17) is 9.47 Å². The van der Waals surface area contributed by atoms with Gasteiger partial charge < -0.3 is 14.8 Å². The highest BCUT2D eigenvalue weighted by Gasteiger charge is 2.01. The van der Waals surface area contributed by atoms with Crippen LogP contribution in [0.25, 0.3) is 0 Å². The summed E-state index contributed by atoms with van der Waals surface area (Å²) in [5.74, 6) is 1.75. The van der Waals surface area contributed by atoms with Crippen molar-refractivity contribution in [2.45, 2.75) is 39.7 Å². The molecule has 0 amide bonds. The fourth-order valence-corrected chi connectivity index (χ4v) is 1.67. The molecule has 1 rings (SSSR count). The van der Waals surface area contributed by atoms with Gasteiger partial charge in [-0.1, -0.05) is 13.0 Å². The Kier molecular flexibility index (Phi) is 7.26. The minimum absolute atomic E-state index is 0.500. The zero-order valence-electron chi connectivity index (χ0n) is 11.7. The smallest absolute Gasteiger partial charge is 0.122 e. The zero-order valence-corrected chi connectivity index (χ0v) is 11.7. The summed E-state index contributed by atoms with van der Waals surface area (Å²) in [6, 6.07) is 8.31. The van der Waals surface area contributed by atoms with E-state index >= 15 is 0 Å². The molecule has 0 saturated heterocycles. The van der Waals surface area contributed by atoms with Crippen LogP contribution in [0.5, 0.6) is 11.5 Å². The lowest BCUT2D eigenvalue weighted by Gasteiger charge is -2.14. The second kappa shape index (κ2) is 8.81. The molecule has 0 aromatic heterocycles. The van der Waals surface area contributed by atoms with E-state index in [9.17, 15) is 0 Å². The summed E-state index contributed by atoms with van der Waals surface area (Å²) in [6.07, 6.45) is 2.18. The van der Waals surface area contributed by atoms with Crippen molar-refractivity contribution in [3.63, 3.8) is 0 Å². The minimum Gasteiger partial charge on any atom is -0.494 e. The van der Waals surface area contributed by atoms with Crippen molar-refractivity contribution in [3.05, 3.63) is 24.3 Å². The van der Waals surface area contributed by atoms with Gasteiger partial charge in [0.2, 0.25) is 0 Å². The molecule has 0 radical (unpaired) electrons. The average molecular weight is 251 g/mol. The molecule has 1 aromatic carbocycles. The van der Waals surface area contributed by atoms with Crippen molar-refractivity contribution in [1.29, 1.82) is 0 Å². The largest absolute Gasteiger partial charge is 0.494 e. The molecule has 1 atom stereocenters. The molecule has 0 spiro atoms. The maximum atomic E-state index is 5.72. The molecule has 1 aromatic rings. The van der Waals surface area contributed by atoms with Crippen LogP contribution in [-0.2, 0) is 0 Å². The third-order valence-corrected chi connectivity index (χ3v) is 2.68. The Labute approximate surface area is 110 Å². The molecule has 18 heavy (non-hydrogen) atoms. The SMILES string of the molecule is CCCNC(C)CCOc1cccc(OCC)c1. The molecular formula is C15H25NO2. The number of ether oxygens (including phenoxy) is 2. The van der Waals surface area contributed by atoms with E-state index in [1.54, 1.807) is 0 Å². The van der Waals surface area contributed by atoms with Gasteiger partial charge in [-0.05, 0) is 45.4 Å². The van der Waals surface area contributed by atoms with E-state index in [-0.39, 0.29) is 0 Å². The van der Waals surface area contributed by atoms with Gasteiger partial charge in [-0.25, -0.2) is 0 Å². The summed E-state index contributed by atoms with van der Waals surface area (Å²) >= 11 is 0. The average Bonchev–Trinajstić information content (AvgIpc) is 2.37. The van der Waals surface area contributed by atoms with Gasteiger partial charge in [0.15, 0.2) is 0 Å². The van der Waals surface area contributed by atoms with Crippen molar-refractivity contribution < 1.29 is 9.47 Å². The highest BCUT2D eigenvalue weighted by Crippen LogP contribution is 2.19. The van der Waals surface area contributed by atoms with Crippen LogP contribution in [0.4, 0.5) is 0 Å². The molecule has 0 fully saturated rings. The maximum Gasteiger partial charge on any atom is 0.122 e. The van der Waals surface area contributed by atoms with Crippen molar-refractivity contribution in [2.24, 2.45) is 0 Å². The standard InChI is InChI=1S/C15H25NO2/c1-4-10-16-13(3)9-11-18-15-8-6-7-14(12-15)17-5-2/h6-8,12-13,16H,4-5,9-11H2,1-3H3. The van der Waals surface area contributed by atoms with Crippen LogP contribution in [0.1, 0.15) is 33.6 Å². The molecular weight excluding hydrogens is 226 g/mol. The topological polar surface area (TPSA) is 30.5 Å². The molecule has 1 unspecified atom stereocenters. The lowest BCUT2D eigenvalue weighted by atomic mass is 10.2. The first-order chi connectivity index (χ1) is 8.76. The van der Waals surface area contributed by atoms with Gasteiger partial charge >= 0.3 is 0 Å². The Morgan fingerprint density at radius 3 is 2.56 bits per heavy atom. The van der Waals surface area contributed by atoms with Crippen LogP contribution < -0.4 is 14.8 Å². The lowest BCUT2D eigenvalue weighted by molar-refractivity contribution is 0.286. The number of hydrogen-bond acceptors (Lipinski definition) is 3. The van der Waals surface area contributed by atoms with E-state index in [0.29, 0.717) is 12.6 Å². The third kappa shape index (κ3) is 5.92. The first kappa shape index (κ1) is 14.8. The number of rotatable bonds is 9. The predicted molar refractivity (Wildman–Crippen MR) is 75.5 cm³/mol. The molecule has 0 saturated carbocycles. The second-order valence-electron chi connectivity index (χ2n) is 4.40. The van der Waals surface area contributed by atoms with Crippen molar-refractivity contribution in [1.82, 2.24) is 5.32 Å². The molecule has 3 nitrogen and oxygen atoms in total. The highest BCUT2D eigenvalue weighted by atomic mass is 16.5. The summed E-state index contributed by atoms with van der Waals surface area (Å²) < 4.78 is 11.2. The lowest BCUT2D eigenvalue weighted by Crippen LogP contribution is -2.28. The summed E-state index contributed by atoms with van der Waals surface area (Å²) in [6.45, 7) is 8.83. The monoisotopic (exact) mass is 251 g/mol. The van der Waals surface area contributed by atoms with Crippen LogP contribution in [0, 0.1) is 0 Å². The predicted octanol–water partition coefficient (Wildman–Crippen LogP) is 3.24. The van der Waals surface area contributed by atoms with Crippen LogP contribution in [0.15, 0.2) is 24.3 Å². The Morgan fingerprint density at radius 2 is 1.89 bits per heavy atom. The fraction of sp³-hybridized carbons (Fsp3) is 0.600. The number of nitrogens with one attached hydrogen (secondary N) is 1. The zero-order chi connectivity index (χ0) is 13.2. The first-order valence-electron chi connectivity index (χ1n) is 6.85. The van der Waals surface area contributed by atoms with Gasteiger partial charge in [0, 0.05) is 12.1 Å². The molecule has 0 bridgehead atoms. The first-order valence-corrected chi connectivity index (χ1v) is 6.85. The quantitative estimate of drug-likeness (QED) is 0.731. The van der Waals surface area contributed by atoms with Gasteiger partial charge in [-0.3, -0.25) is 0 Å². The van der Waals surface area contributed by atoms with E-state index in [1.165, 1.54) is 6.42 Å². The van der Waals surface area contributed by atoms with Crippen molar-refractivity contribution in [2.75, 3.05) is 19.8 Å². The summed E-state index contributed by atoms with van der Waals surface area (Å²) in [7, 11) is 0. The third-order valence-electron chi connectivity index (χ3n) is 2.68. The second-order valence-corrected chi connectivity index (χ2v) is 4.40. The molecule has 0 aliphatic heterocycles. The van der Waals surface area contributed by atoms with Crippen LogP contribution >= 0.6 is 0 Å². The molecule has 102 valence electrons. The Morgan fingerprint density at radius 1 is 1.17 bits per heavy atom. The van der Waals surface area contributed by atoms with E-state index in [2.05, 4.69) is 19.2 Å². The normalized spacial score (nSPS) is 12.2. The molecule has 0 heterocycles. The van der Waals surface area contributed by atoms with Gasteiger partial charge in [-0.15, -0.1) is 0 Å². The van der Waals surface area contributed by atoms with Crippen LogP contribution in [0.3, 0.4) is 0 Å².